The van der Waals surface area contributed by atoms with Crippen LogP contribution in [0, 0.1) is 6.92 Å². The fourth-order valence-electron chi connectivity index (χ4n) is 4.99. The number of anilines is 3. The zero-order valence-electron chi connectivity index (χ0n) is 20.9. The second-order valence-electron chi connectivity index (χ2n) is 9.43. The molecule has 5 rings (SSSR count). The molecule has 1 atom stereocenters. The number of amides is 1. The second-order valence-corrected chi connectivity index (χ2v) is 12.8. The Morgan fingerprint density at radius 2 is 1.81 bits per heavy atom. The first-order valence-corrected chi connectivity index (χ1v) is 15.0. The topological polar surface area (TPSA) is 85.9 Å². The van der Waals surface area contributed by atoms with E-state index in [1.165, 1.54) is 16.9 Å². The summed E-state index contributed by atoms with van der Waals surface area (Å²) in [7, 11) is -3.70. The maximum Gasteiger partial charge on any atom is 0.263 e. The molecule has 0 spiro atoms. The Balaban J connectivity index is 1.19. The number of thiazole rings is 1. The molecule has 0 aliphatic carbocycles. The van der Waals surface area contributed by atoms with E-state index in [1.54, 1.807) is 18.3 Å². The van der Waals surface area contributed by atoms with Gasteiger partial charge in [0, 0.05) is 60.2 Å². The van der Waals surface area contributed by atoms with E-state index < -0.39 is 10.0 Å². The number of sulfonamides is 1. The molecule has 0 bridgehead atoms. The molecule has 8 nitrogen and oxygen atoms in total. The summed E-state index contributed by atoms with van der Waals surface area (Å²) in [6.45, 7) is 7.33. The highest BCUT2D eigenvalue weighted by Crippen LogP contribution is 2.31. The Kier molecular flexibility index (Phi) is 7.33. The Hall–Kier alpha value is -2.82. The smallest absolute Gasteiger partial charge is 0.263 e. The average Bonchev–Trinajstić information content (AvgIpc) is 3.31. The summed E-state index contributed by atoms with van der Waals surface area (Å²) in [4.78, 5) is 24.9. The second kappa shape index (κ2) is 10.5. The molecule has 196 valence electrons. The lowest BCUT2D eigenvalue weighted by atomic mass is 10.00. The Labute approximate surface area is 226 Å². The van der Waals surface area contributed by atoms with Gasteiger partial charge in [-0.05, 0) is 74.7 Å². The molecule has 11 heteroatoms. The van der Waals surface area contributed by atoms with Crippen LogP contribution in [0.3, 0.4) is 0 Å². The molecule has 1 amide bonds. The first-order valence-electron chi connectivity index (χ1n) is 12.4. The predicted octanol–water partition coefficient (Wildman–Crippen LogP) is 4.40. The van der Waals surface area contributed by atoms with Gasteiger partial charge in [0.2, 0.25) is 5.91 Å². The fraction of sp³-hybridized carbons (Fsp3) is 0.385. The number of nitrogens with one attached hydrogen (secondary N) is 1. The van der Waals surface area contributed by atoms with E-state index in [0.717, 1.165) is 40.7 Å². The number of nitrogens with zero attached hydrogens (tertiary/aromatic N) is 4. The van der Waals surface area contributed by atoms with Crippen LogP contribution in [0.2, 0.25) is 5.02 Å². The summed E-state index contributed by atoms with van der Waals surface area (Å²) in [5.74, 6) is 0.132. The van der Waals surface area contributed by atoms with Gasteiger partial charge in [-0.1, -0.05) is 11.6 Å². The van der Waals surface area contributed by atoms with Gasteiger partial charge in [0.1, 0.15) is 6.04 Å². The number of halogens is 1. The van der Waals surface area contributed by atoms with Crippen molar-refractivity contribution < 1.29 is 13.2 Å². The lowest BCUT2D eigenvalue weighted by molar-refractivity contribution is -0.132. The molecule has 3 aromatic rings. The third-order valence-corrected chi connectivity index (χ3v) is 9.51. The van der Waals surface area contributed by atoms with E-state index in [2.05, 4.69) is 19.5 Å². The van der Waals surface area contributed by atoms with Crippen LogP contribution in [0.15, 0.2) is 53.6 Å². The molecule has 1 N–H and O–H groups in total. The van der Waals surface area contributed by atoms with Crippen LogP contribution >= 0.6 is 22.9 Å². The molecule has 37 heavy (non-hydrogen) atoms. The number of hydrogen-bond donors (Lipinski definition) is 1. The van der Waals surface area contributed by atoms with E-state index >= 15 is 0 Å². The molecule has 1 fully saturated rings. The summed E-state index contributed by atoms with van der Waals surface area (Å²) in [6.07, 6.45) is 3.62. The summed E-state index contributed by atoms with van der Waals surface area (Å²) in [6, 6.07) is 12.5. The third-order valence-electron chi connectivity index (χ3n) is 6.97. The summed E-state index contributed by atoms with van der Waals surface area (Å²) in [5.41, 5.74) is 3.24. The molecule has 0 radical (unpaired) electrons. The Morgan fingerprint density at radius 1 is 1.08 bits per heavy atom. The van der Waals surface area contributed by atoms with Gasteiger partial charge in [-0.25, -0.2) is 13.4 Å². The molecule has 1 saturated heterocycles. The van der Waals surface area contributed by atoms with Crippen molar-refractivity contribution in [3.05, 3.63) is 64.1 Å². The maximum atomic E-state index is 13.4. The van der Waals surface area contributed by atoms with Crippen LogP contribution in [-0.2, 0) is 21.2 Å². The van der Waals surface area contributed by atoms with Crippen molar-refractivity contribution in [2.45, 2.75) is 37.6 Å². The minimum absolute atomic E-state index is 0.132. The van der Waals surface area contributed by atoms with Gasteiger partial charge in [0.15, 0.2) is 5.13 Å². The lowest BCUT2D eigenvalue weighted by Crippen LogP contribution is -2.55. The molecule has 1 aromatic heterocycles. The zero-order valence-corrected chi connectivity index (χ0v) is 23.2. The van der Waals surface area contributed by atoms with Gasteiger partial charge in [-0.15, -0.1) is 11.3 Å². The number of piperazine rings is 1. The number of hydrogen-bond acceptors (Lipinski definition) is 7. The summed E-state index contributed by atoms with van der Waals surface area (Å²) < 4.78 is 27.9. The van der Waals surface area contributed by atoms with Crippen LogP contribution in [0.5, 0.6) is 0 Å². The van der Waals surface area contributed by atoms with Crippen molar-refractivity contribution in [3.63, 3.8) is 0 Å². The zero-order chi connectivity index (χ0) is 26.2. The van der Waals surface area contributed by atoms with Gasteiger partial charge in [0.05, 0.1) is 4.90 Å². The molecule has 2 aliphatic heterocycles. The van der Waals surface area contributed by atoms with Gasteiger partial charge < -0.3 is 14.7 Å². The SMILES string of the molecule is Cc1cnc(NS(=O)(=O)c2ccc(N3CCN(C(=O)[C@H](C)N4CCCc5cc(Cl)ccc54)CC3)cc2)s1. The van der Waals surface area contributed by atoms with Crippen LogP contribution in [0.1, 0.15) is 23.8 Å². The highest BCUT2D eigenvalue weighted by atomic mass is 35.5. The van der Waals surface area contributed by atoms with Crippen molar-refractivity contribution >= 4 is 55.4 Å². The standard InChI is InChI=1S/C26H30ClN5O3S2/c1-18-17-28-26(36-18)29-37(34,35)23-8-6-22(7-9-23)30-12-14-31(15-13-30)25(33)19(2)32-11-3-4-20-16-21(27)5-10-24(20)32/h5-10,16-17,19H,3-4,11-15H2,1-2H3,(H,28,29)/t19-/m0/s1. The number of carbonyl (C=O) groups is 1. The number of aryl methyl sites for hydroxylation is 2. The largest absolute Gasteiger partial charge is 0.368 e. The average molecular weight is 560 g/mol. The van der Waals surface area contributed by atoms with Crippen LogP contribution < -0.4 is 14.5 Å². The summed E-state index contributed by atoms with van der Waals surface area (Å²) >= 11 is 7.48. The molecule has 2 aromatic carbocycles. The van der Waals surface area contributed by atoms with Crippen molar-refractivity contribution in [1.29, 1.82) is 0 Å². The molecule has 0 unspecified atom stereocenters. The van der Waals surface area contributed by atoms with Gasteiger partial charge in [-0.2, -0.15) is 0 Å². The first-order chi connectivity index (χ1) is 17.7. The maximum absolute atomic E-state index is 13.4. The minimum atomic E-state index is -3.70. The van der Waals surface area contributed by atoms with Crippen molar-refractivity contribution in [3.8, 4) is 0 Å². The lowest BCUT2D eigenvalue weighted by Gasteiger charge is -2.41. The van der Waals surface area contributed by atoms with Gasteiger partial charge in [-0.3, -0.25) is 9.52 Å². The van der Waals surface area contributed by atoms with Crippen molar-refractivity contribution in [1.82, 2.24) is 9.88 Å². The molecule has 3 heterocycles. The van der Waals surface area contributed by atoms with Gasteiger partial charge >= 0.3 is 0 Å². The van der Waals surface area contributed by atoms with Gasteiger partial charge in [0.25, 0.3) is 10.0 Å². The van der Waals surface area contributed by atoms with E-state index in [4.69, 9.17) is 11.6 Å². The Morgan fingerprint density at radius 3 is 2.49 bits per heavy atom. The van der Waals surface area contributed by atoms with Crippen LogP contribution in [0.25, 0.3) is 0 Å². The first kappa shape index (κ1) is 25.8. The number of aromatic nitrogens is 1. The Bertz CT molecular complexity index is 1390. The van der Waals surface area contributed by atoms with E-state index in [-0.39, 0.29) is 16.8 Å². The number of benzene rings is 2. The molecular formula is C26H30ClN5O3S2. The monoisotopic (exact) mass is 559 g/mol. The molecular weight excluding hydrogens is 530 g/mol. The predicted molar refractivity (Wildman–Crippen MR) is 149 cm³/mol. The van der Waals surface area contributed by atoms with E-state index in [9.17, 15) is 13.2 Å². The van der Waals surface area contributed by atoms with Crippen molar-refractivity contribution in [2.75, 3.05) is 47.2 Å². The third kappa shape index (κ3) is 5.56. The minimum Gasteiger partial charge on any atom is -0.368 e. The molecule has 0 saturated carbocycles. The highest BCUT2D eigenvalue weighted by Gasteiger charge is 2.31. The van der Waals surface area contributed by atoms with E-state index in [0.29, 0.717) is 31.3 Å². The highest BCUT2D eigenvalue weighted by molar-refractivity contribution is 7.93. The number of rotatable bonds is 6. The number of fused-ring (bicyclic) bond motifs is 1. The van der Waals surface area contributed by atoms with Crippen LogP contribution in [0.4, 0.5) is 16.5 Å². The normalized spacial score (nSPS) is 16.9. The fourth-order valence-corrected chi connectivity index (χ4v) is 7.09. The summed E-state index contributed by atoms with van der Waals surface area (Å²) in [5, 5.41) is 1.08. The van der Waals surface area contributed by atoms with Crippen LogP contribution in [-0.4, -0.2) is 63.0 Å². The van der Waals surface area contributed by atoms with E-state index in [1.807, 2.05) is 49.1 Å². The number of carbonyl (C=O) groups excluding carboxylic acids is 1. The van der Waals surface area contributed by atoms with Crippen molar-refractivity contribution in [2.24, 2.45) is 0 Å². The molecule has 2 aliphatic rings. The quantitative estimate of drug-likeness (QED) is 0.482.